The molecule has 3 heterocycles. The topological polar surface area (TPSA) is 121 Å². The first-order valence-electron chi connectivity index (χ1n) is 9.92. The van der Waals surface area contributed by atoms with E-state index in [4.69, 9.17) is 14.6 Å². The number of halogens is 1. The summed E-state index contributed by atoms with van der Waals surface area (Å²) in [6, 6.07) is 2.85. The Morgan fingerprint density at radius 2 is 2.29 bits per heavy atom. The summed E-state index contributed by atoms with van der Waals surface area (Å²) in [5.74, 6) is 0.193. The number of benzene rings is 1. The van der Waals surface area contributed by atoms with E-state index in [1.165, 1.54) is 36.5 Å². The van der Waals surface area contributed by atoms with Crippen molar-refractivity contribution in [1.82, 2.24) is 19.5 Å². The van der Waals surface area contributed by atoms with Crippen molar-refractivity contribution in [3.8, 4) is 5.75 Å². The third-order valence-electron chi connectivity index (χ3n) is 5.52. The molecule has 1 aromatic carbocycles. The lowest BCUT2D eigenvalue weighted by Crippen LogP contribution is -2.35. The van der Waals surface area contributed by atoms with Gasteiger partial charge in [-0.05, 0) is 32.3 Å². The van der Waals surface area contributed by atoms with Gasteiger partial charge in [-0.3, -0.25) is 15.6 Å². The predicted molar refractivity (Wildman–Crippen MR) is 111 cm³/mol. The average molecular weight is 429 g/mol. The maximum Gasteiger partial charge on any atom is 0.291 e. The van der Waals surface area contributed by atoms with Gasteiger partial charge in [0, 0.05) is 24.5 Å². The molecular weight excluding hydrogens is 405 g/mol. The van der Waals surface area contributed by atoms with Crippen LogP contribution in [-0.4, -0.2) is 51.8 Å². The summed E-state index contributed by atoms with van der Waals surface area (Å²) in [6.07, 6.45) is 4.81. The fourth-order valence-electron chi connectivity index (χ4n) is 3.64. The maximum atomic E-state index is 14.2. The molecule has 3 aromatic rings. The van der Waals surface area contributed by atoms with Crippen molar-refractivity contribution in [2.75, 3.05) is 24.9 Å². The van der Waals surface area contributed by atoms with E-state index in [-0.39, 0.29) is 35.2 Å². The van der Waals surface area contributed by atoms with Crippen molar-refractivity contribution in [2.24, 2.45) is 0 Å². The van der Waals surface area contributed by atoms with Gasteiger partial charge in [-0.1, -0.05) is 0 Å². The number of carbonyl (C=O) groups is 1. The number of ether oxygens (including phenoxy) is 1. The smallest absolute Gasteiger partial charge is 0.291 e. The van der Waals surface area contributed by atoms with Gasteiger partial charge in [0.2, 0.25) is 11.4 Å². The molecule has 0 radical (unpaired) electrons. The summed E-state index contributed by atoms with van der Waals surface area (Å²) < 4.78 is 25.8. The number of methoxy groups -OCH3 is 1. The Morgan fingerprint density at radius 3 is 3.00 bits per heavy atom. The van der Waals surface area contributed by atoms with Crippen LogP contribution in [0.3, 0.4) is 0 Å². The van der Waals surface area contributed by atoms with Crippen molar-refractivity contribution in [3.63, 3.8) is 0 Å². The standard InChI is InChI=1S/C20H24FN7O3/c1-11(27(2)19(29)16-9-23-10-31-16)5-4-6-17-25-18-12-7-13(21)15(30-3)8-14(12)24-20(22)28(18)26-17/h7-11,17,22,25-26H,4-6H2,1-3H3/t11-,17?/m0/s1. The lowest BCUT2D eigenvalue weighted by Gasteiger charge is -2.24. The molecule has 4 rings (SSSR count). The third kappa shape index (κ3) is 3.90. The lowest BCUT2D eigenvalue weighted by atomic mass is 10.1. The molecule has 0 bridgehead atoms. The first kappa shape index (κ1) is 20.6. The second-order valence-electron chi connectivity index (χ2n) is 7.51. The number of nitrogens with zero attached hydrogens (tertiary/aromatic N) is 4. The zero-order valence-electron chi connectivity index (χ0n) is 17.5. The van der Waals surface area contributed by atoms with Crippen molar-refractivity contribution >= 4 is 22.6 Å². The molecule has 1 aliphatic heterocycles. The van der Waals surface area contributed by atoms with Gasteiger partial charge in [-0.15, -0.1) is 0 Å². The maximum absolute atomic E-state index is 14.2. The van der Waals surface area contributed by atoms with Gasteiger partial charge in [0.25, 0.3) is 5.91 Å². The number of hydrogen-bond acceptors (Lipinski definition) is 8. The number of rotatable bonds is 7. The average Bonchev–Trinajstić information content (AvgIpc) is 3.43. The molecule has 2 atom stereocenters. The Labute approximate surface area is 177 Å². The molecule has 0 saturated carbocycles. The number of amides is 1. The van der Waals surface area contributed by atoms with Crippen LogP contribution in [0.25, 0.3) is 10.9 Å². The molecule has 2 aromatic heterocycles. The number of aromatic nitrogens is 3. The quantitative estimate of drug-likeness (QED) is 0.527. The number of fused-ring (bicyclic) bond motifs is 3. The van der Waals surface area contributed by atoms with E-state index in [0.29, 0.717) is 16.7 Å². The molecule has 0 spiro atoms. The molecule has 1 aliphatic rings. The number of hydrogen-bond donors (Lipinski definition) is 3. The Balaban J connectivity index is 1.40. The van der Waals surface area contributed by atoms with Gasteiger partial charge in [0.15, 0.2) is 18.0 Å². The van der Waals surface area contributed by atoms with E-state index in [0.717, 1.165) is 19.3 Å². The number of oxazole rings is 1. The van der Waals surface area contributed by atoms with Crippen LogP contribution in [0.1, 0.15) is 36.7 Å². The fourth-order valence-corrected chi connectivity index (χ4v) is 3.64. The second kappa shape index (κ2) is 8.25. The minimum Gasteiger partial charge on any atom is -0.494 e. The Morgan fingerprint density at radius 1 is 1.48 bits per heavy atom. The van der Waals surface area contributed by atoms with Crippen LogP contribution in [0, 0.1) is 11.2 Å². The minimum atomic E-state index is -0.490. The largest absolute Gasteiger partial charge is 0.494 e. The number of anilines is 1. The normalized spacial score (nSPS) is 15.8. The van der Waals surface area contributed by atoms with Crippen LogP contribution in [0.5, 0.6) is 5.75 Å². The summed E-state index contributed by atoms with van der Waals surface area (Å²) >= 11 is 0. The Hall–Kier alpha value is -3.63. The minimum absolute atomic E-state index is 0.00447. The highest BCUT2D eigenvalue weighted by atomic mass is 19.1. The molecule has 31 heavy (non-hydrogen) atoms. The van der Waals surface area contributed by atoms with E-state index in [1.807, 2.05) is 6.92 Å². The van der Waals surface area contributed by atoms with Crippen LogP contribution in [0.15, 0.2) is 29.1 Å². The zero-order chi connectivity index (χ0) is 22.1. The molecule has 10 nitrogen and oxygen atoms in total. The summed E-state index contributed by atoms with van der Waals surface area (Å²) in [4.78, 5) is 22.0. The molecular formula is C20H24FN7O3. The van der Waals surface area contributed by atoms with Crippen molar-refractivity contribution in [1.29, 1.82) is 5.41 Å². The van der Waals surface area contributed by atoms with Gasteiger partial charge in [0.05, 0.1) is 18.8 Å². The van der Waals surface area contributed by atoms with Gasteiger partial charge >= 0.3 is 0 Å². The highest BCUT2D eigenvalue weighted by Crippen LogP contribution is 2.29. The van der Waals surface area contributed by atoms with Crippen LogP contribution in [-0.2, 0) is 0 Å². The van der Waals surface area contributed by atoms with E-state index in [2.05, 4.69) is 20.7 Å². The molecule has 0 saturated heterocycles. The molecule has 1 unspecified atom stereocenters. The predicted octanol–water partition coefficient (Wildman–Crippen LogP) is 2.28. The van der Waals surface area contributed by atoms with E-state index in [9.17, 15) is 9.18 Å². The molecule has 0 aliphatic carbocycles. The van der Waals surface area contributed by atoms with Crippen LogP contribution in [0.2, 0.25) is 0 Å². The zero-order valence-corrected chi connectivity index (χ0v) is 17.5. The SMILES string of the molecule is COc1cc2nc(=N)n3c(c2cc1F)NC(CCC[C@H](C)N(C)C(=O)c1cnco1)N3. The van der Waals surface area contributed by atoms with Gasteiger partial charge in [-0.2, -0.15) is 0 Å². The summed E-state index contributed by atoms with van der Waals surface area (Å²) in [7, 11) is 3.13. The molecule has 0 fully saturated rings. The second-order valence-corrected chi connectivity index (χ2v) is 7.51. The van der Waals surface area contributed by atoms with Crippen molar-refractivity contribution < 1.29 is 18.3 Å². The van der Waals surface area contributed by atoms with Gasteiger partial charge in [0.1, 0.15) is 12.0 Å². The van der Waals surface area contributed by atoms with Crippen LogP contribution >= 0.6 is 0 Å². The van der Waals surface area contributed by atoms with Gasteiger partial charge < -0.3 is 19.4 Å². The monoisotopic (exact) mass is 429 g/mol. The van der Waals surface area contributed by atoms with E-state index < -0.39 is 5.82 Å². The first-order chi connectivity index (χ1) is 14.9. The van der Waals surface area contributed by atoms with E-state index in [1.54, 1.807) is 11.9 Å². The third-order valence-corrected chi connectivity index (χ3v) is 5.52. The summed E-state index contributed by atoms with van der Waals surface area (Å²) in [5, 5.41) is 12.1. The van der Waals surface area contributed by atoms with E-state index >= 15 is 0 Å². The van der Waals surface area contributed by atoms with Crippen molar-refractivity contribution in [2.45, 2.75) is 38.4 Å². The Kier molecular flexibility index (Phi) is 5.49. The fraction of sp³-hybridized carbons (Fsp3) is 0.400. The number of carbonyl (C=O) groups excluding carboxylic acids is 1. The molecule has 164 valence electrons. The summed E-state index contributed by atoms with van der Waals surface area (Å²) in [5.41, 5.74) is 3.68. The molecule has 1 amide bonds. The highest BCUT2D eigenvalue weighted by Gasteiger charge is 2.25. The Bertz CT molecular complexity index is 1160. The number of nitrogens with one attached hydrogen (secondary N) is 3. The summed E-state index contributed by atoms with van der Waals surface area (Å²) in [6.45, 7) is 1.97. The van der Waals surface area contributed by atoms with Crippen LogP contribution < -0.4 is 21.1 Å². The molecule has 3 N–H and O–H groups in total. The van der Waals surface area contributed by atoms with Crippen molar-refractivity contribution in [3.05, 3.63) is 41.9 Å². The highest BCUT2D eigenvalue weighted by molar-refractivity contribution is 5.91. The lowest BCUT2D eigenvalue weighted by molar-refractivity contribution is 0.0703. The van der Waals surface area contributed by atoms with Gasteiger partial charge in [-0.25, -0.2) is 19.0 Å². The van der Waals surface area contributed by atoms with Crippen LogP contribution in [0.4, 0.5) is 10.2 Å². The molecule has 11 heteroatoms. The first-order valence-corrected chi connectivity index (χ1v) is 9.92.